The number of nitrogens with zero attached hydrogens (tertiary/aromatic N) is 1. The van der Waals surface area contributed by atoms with Gasteiger partial charge in [-0.3, -0.25) is 0 Å². The molecule has 0 radical (unpaired) electrons. The molecule has 0 fully saturated rings. The topological polar surface area (TPSA) is 12.5 Å². The van der Waals surface area contributed by atoms with E-state index in [1.807, 2.05) is 6.07 Å². The van der Waals surface area contributed by atoms with Crippen LogP contribution in [0.25, 0.3) is 0 Å². The van der Waals surface area contributed by atoms with Gasteiger partial charge in [-0.25, -0.2) is 0 Å². The summed E-state index contributed by atoms with van der Waals surface area (Å²) in [4.78, 5) is 2.27. The molecule has 2 nitrogen and oxygen atoms in total. The standard InChI is InChI=1S/C20H15NO/c1-21-15-9-4-2-7-13(15)19-14-8-3-5-11-17(14)22-18-12-6-10-16(21)20(18)19/h2-12,19H,1H3. The summed E-state index contributed by atoms with van der Waals surface area (Å²) in [5, 5.41) is 0. The van der Waals surface area contributed by atoms with Gasteiger partial charge in [-0.05, 0) is 29.8 Å². The molecule has 106 valence electrons. The van der Waals surface area contributed by atoms with Crippen LogP contribution in [0.3, 0.4) is 0 Å². The Morgan fingerprint density at radius 3 is 2.32 bits per heavy atom. The SMILES string of the molecule is CN1c2ccccc2C2c3ccccc3Oc3cccc1c32. The molecule has 1 atom stereocenters. The van der Waals surface area contributed by atoms with Crippen molar-refractivity contribution in [2.24, 2.45) is 0 Å². The highest BCUT2D eigenvalue weighted by atomic mass is 16.5. The second-order valence-electron chi connectivity index (χ2n) is 5.88. The molecule has 0 spiro atoms. The molecule has 0 saturated carbocycles. The Labute approximate surface area is 129 Å². The normalized spacial score (nSPS) is 17.1. The van der Waals surface area contributed by atoms with E-state index >= 15 is 0 Å². The van der Waals surface area contributed by atoms with Gasteiger partial charge in [-0.2, -0.15) is 0 Å². The summed E-state index contributed by atoms with van der Waals surface area (Å²) < 4.78 is 6.16. The van der Waals surface area contributed by atoms with Crippen LogP contribution in [0, 0.1) is 0 Å². The molecule has 2 heterocycles. The zero-order chi connectivity index (χ0) is 14.7. The van der Waals surface area contributed by atoms with Gasteiger partial charge < -0.3 is 9.64 Å². The fourth-order valence-corrected chi connectivity index (χ4v) is 3.78. The first-order valence-electron chi connectivity index (χ1n) is 7.57. The Balaban J connectivity index is 1.90. The lowest BCUT2D eigenvalue weighted by Gasteiger charge is -2.39. The summed E-state index contributed by atoms with van der Waals surface area (Å²) >= 11 is 0. The Bertz CT molecular complexity index is 900. The third-order valence-corrected chi connectivity index (χ3v) is 4.75. The van der Waals surface area contributed by atoms with Crippen LogP contribution in [-0.4, -0.2) is 7.05 Å². The maximum Gasteiger partial charge on any atom is 0.133 e. The second-order valence-corrected chi connectivity index (χ2v) is 5.88. The van der Waals surface area contributed by atoms with E-state index in [1.54, 1.807) is 0 Å². The van der Waals surface area contributed by atoms with E-state index in [-0.39, 0.29) is 5.92 Å². The number of fused-ring (bicyclic) bond motifs is 4. The number of benzene rings is 3. The number of anilines is 2. The fourth-order valence-electron chi connectivity index (χ4n) is 3.78. The van der Waals surface area contributed by atoms with Crippen molar-refractivity contribution in [2.75, 3.05) is 11.9 Å². The van der Waals surface area contributed by atoms with E-state index in [0.29, 0.717) is 0 Å². The molecule has 2 aliphatic heterocycles. The summed E-state index contributed by atoms with van der Waals surface area (Å²) in [6.07, 6.45) is 0. The van der Waals surface area contributed by atoms with Gasteiger partial charge in [0.25, 0.3) is 0 Å². The summed E-state index contributed by atoms with van der Waals surface area (Å²) in [5.41, 5.74) is 6.38. The van der Waals surface area contributed by atoms with Crippen LogP contribution in [0.4, 0.5) is 11.4 Å². The van der Waals surface area contributed by atoms with Crippen molar-refractivity contribution in [3.05, 3.63) is 83.4 Å². The van der Waals surface area contributed by atoms with Gasteiger partial charge in [0, 0.05) is 35.5 Å². The molecule has 3 aromatic rings. The first kappa shape index (κ1) is 11.9. The maximum absolute atomic E-state index is 6.16. The van der Waals surface area contributed by atoms with Crippen molar-refractivity contribution in [3.63, 3.8) is 0 Å². The number of hydrogen-bond donors (Lipinski definition) is 0. The average Bonchev–Trinajstić information content (AvgIpc) is 2.58. The molecular weight excluding hydrogens is 270 g/mol. The van der Waals surface area contributed by atoms with Crippen molar-refractivity contribution in [2.45, 2.75) is 5.92 Å². The largest absolute Gasteiger partial charge is 0.457 e. The number of para-hydroxylation sites is 2. The van der Waals surface area contributed by atoms with Crippen LogP contribution < -0.4 is 9.64 Å². The Hall–Kier alpha value is -2.74. The summed E-state index contributed by atoms with van der Waals surface area (Å²) in [6.45, 7) is 0. The molecule has 0 bridgehead atoms. The summed E-state index contributed by atoms with van der Waals surface area (Å²) in [5.74, 6) is 2.20. The minimum absolute atomic E-state index is 0.253. The maximum atomic E-state index is 6.16. The molecule has 0 amide bonds. The number of rotatable bonds is 0. The van der Waals surface area contributed by atoms with E-state index in [2.05, 4.69) is 72.6 Å². The Morgan fingerprint density at radius 2 is 1.41 bits per heavy atom. The van der Waals surface area contributed by atoms with Gasteiger partial charge in [0.05, 0.1) is 0 Å². The summed E-state index contributed by atoms with van der Waals surface area (Å²) in [6, 6.07) is 23.4. The second kappa shape index (κ2) is 4.14. The lowest BCUT2D eigenvalue weighted by molar-refractivity contribution is 0.452. The highest BCUT2D eigenvalue weighted by molar-refractivity contribution is 5.81. The lowest BCUT2D eigenvalue weighted by atomic mass is 9.78. The van der Waals surface area contributed by atoms with Crippen molar-refractivity contribution >= 4 is 11.4 Å². The molecule has 2 aliphatic rings. The van der Waals surface area contributed by atoms with Crippen LogP contribution in [0.5, 0.6) is 11.5 Å². The van der Waals surface area contributed by atoms with Gasteiger partial charge in [-0.1, -0.05) is 42.5 Å². The van der Waals surface area contributed by atoms with Crippen LogP contribution in [0.1, 0.15) is 22.6 Å². The van der Waals surface area contributed by atoms with Crippen LogP contribution >= 0.6 is 0 Å². The Morgan fingerprint density at radius 1 is 0.727 bits per heavy atom. The third kappa shape index (κ3) is 1.39. The van der Waals surface area contributed by atoms with Crippen molar-refractivity contribution in [1.82, 2.24) is 0 Å². The lowest BCUT2D eigenvalue weighted by Crippen LogP contribution is -2.24. The zero-order valence-electron chi connectivity index (χ0n) is 12.3. The zero-order valence-corrected chi connectivity index (χ0v) is 12.3. The molecule has 0 N–H and O–H groups in total. The number of ether oxygens (including phenoxy) is 1. The molecular formula is C20H15NO. The first-order chi connectivity index (χ1) is 10.8. The Kier molecular flexibility index (Phi) is 2.23. The highest BCUT2D eigenvalue weighted by Gasteiger charge is 2.36. The number of hydrogen-bond acceptors (Lipinski definition) is 2. The fraction of sp³-hybridized carbons (Fsp3) is 0.100. The first-order valence-corrected chi connectivity index (χ1v) is 7.57. The molecule has 5 rings (SSSR count). The predicted molar refractivity (Wildman–Crippen MR) is 88.4 cm³/mol. The average molecular weight is 285 g/mol. The van der Waals surface area contributed by atoms with E-state index in [1.165, 1.54) is 28.1 Å². The van der Waals surface area contributed by atoms with Crippen molar-refractivity contribution in [3.8, 4) is 11.5 Å². The van der Waals surface area contributed by atoms with Crippen molar-refractivity contribution in [1.29, 1.82) is 0 Å². The van der Waals surface area contributed by atoms with Gasteiger partial charge in [0.1, 0.15) is 11.5 Å². The van der Waals surface area contributed by atoms with Gasteiger partial charge >= 0.3 is 0 Å². The van der Waals surface area contributed by atoms with E-state index in [9.17, 15) is 0 Å². The van der Waals surface area contributed by atoms with E-state index < -0.39 is 0 Å². The smallest absolute Gasteiger partial charge is 0.133 e. The molecule has 2 heteroatoms. The monoisotopic (exact) mass is 285 g/mol. The summed E-state index contributed by atoms with van der Waals surface area (Å²) in [7, 11) is 2.13. The van der Waals surface area contributed by atoms with Gasteiger partial charge in [-0.15, -0.1) is 0 Å². The quantitative estimate of drug-likeness (QED) is 0.448. The third-order valence-electron chi connectivity index (χ3n) is 4.75. The van der Waals surface area contributed by atoms with Gasteiger partial charge in [0.2, 0.25) is 0 Å². The molecule has 1 unspecified atom stereocenters. The minimum atomic E-state index is 0.253. The van der Waals surface area contributed by atoms with E-state index in [0.717, 1.165) is 11.5 Å². The molecule has 0 aliphatic carbocycles. The molecule has 22 heavy (non-hydrogen) atoms. The van der Waals surface area contributed by atoms with Gasteiger partial charge in [0.15, 0.2) is 0 Å². The van der Waals surface area contributed by atoms with Crippen LogP contribution in [-0.2, 0) is 0 Å². The van der Waals surface area contributed by atoms with Crippen LogP contribution in [0.15, 0.2) is 66.7 Å². The van der Waals surface area contributed by atoms with E-state index in [4.69, 9.17) is 4.74 Å². The molecule has 3 aromatic carbocycles. The predicted octanol–water partition coefficient (Wildman–Crippen LogP) is 5.05. The molecule has 0 aromatic heterocycles. The van der Waals surface area contributed by atoms with Crippen molar-refractivity contribution < 1.29 is 4.74 Å². The minimum Gasteiger partial charge on any atom is -0.457 e. The molecule has 0 saturated heterocycles. The van der Waals surface area contributed by atoms with Crippen LogP contribution in [0.2, 0.25) is 0 Å². The highest BCUT2D eigenvalue weighted by Crippen LogP contribution is 2.55.